The van der Waals surface area contributed by atoms with E-state index in [-0.39, 0.29) is 17.5 Å². The zero-order chi connectivity index (χ0) is 25.2. The molecule has 1 aliphatic heterocycles. The number of methoxy groups -OCH3 is 1. The molecule has 0 fully saturated rings. The maximum Gasteiger partial charge on any atom is 0.264 e. The van der Waals surface area contributed by atoms with Crippen LogP contribution in [0.15, 0.2) is 77.7 Å². The number of nitrogens with zero attached hydrogens (tertiary/aromatic N) is 1. The number of hydrogen-bond acceptors (Lipinski definition) is 5. The van der Waals surface area contributed by atoms with Crippen LogP contribution in [-0.2, 0) is 14.8 Å². The number of carbonyl (C=O) groups excluding carboxylic acids is 1. The minimum absolute atomic E-state index is 0.101. The highest BCUT2D eigenvalue weighted by molar-refractivity contribution is 7.92. The largest absolute Gasteiger partial charge is 0.497 e. The monoisotopic (exact) mass is 494 g/mol. The number of rotatable bonds is 7. The third-order valence-electron chi connectivity index (χ3n) is 5.92. The lowest BCUT2D eigenvalue weighted by Crippen LogP contribution is -2.45. The number of hydrogen-bond donors (Lipinski definition) is 1. The van der Waals surface area contributed by atoms with Crippen LogP contribution in [0.3, 0.4) is 0 Å². The lowest BCUT2D eigenvalue weighted by Gasteiger charge is -2.38. The Morgan fingerprint density at radius 2 is 1.83 bits per heavy atom. The van der Waals surface area contributed by atoms with Gasteiger partial charge in [-0.2, -0.15) is 0 Å². The summed E-state index contributed by atoms with van der Waals surface area (Å²) < 4.78 is 39.7. The molecule has 0 aromatic heterocycles. The van der Waals surface area contributed by atoms with Crippen LogP contribution in [0.1, 0.15) is 37.4 Å². The van der Waals surface area contributed by atoms with E-state index < -0.39 is 21.5 Å². The van der Waals surface area contributed by atoms with Gasteiger partial charge in [0.1, 0.15) is 23.6 Å². The van der Waals surface area contributed by atoms with Crippen molar-refractivity contribution < 1.29 is 22.7 Å². The molecule has 1 N–H and O–H groups in total. The van der Waals surface area contributed by atoms with Crippen molar-refractivity contribution in [2.75, 3.05) is 18.0 Å². The molecule has 1 heterocycles. The molecule has 1 aliphatic rings. The van der Waals surface area contributed by atoms with E-state index in [1.54, 1.807) is 42.5 Å². The number of sulfonamides is 1. The number of aryl methyl sites for hydroxylation is 1. The van der Waals surface area contributed by atoms with Gasteiger partial charge in [-0.05, 0) is 51.1 Å². The molecule has 4 rings (SSSR count). The molecule has 0 spiro atoms. The van der Waals surface area contributed by atoms with Crippen molar-refractivity contribution in [1.29, 1.82) is 0 Å². The molecule has 3 aromatic carbocycles. The number of amides is 1. The first-order valence-electron chi connectivity index (χ1n) is 11.4. The van der Waals surface area contributed by atoms with Crippen molar-refractivity contribution in [2.24, 2.45) is 0 Å². The maximum absolute atomic E-state index is 13.6. The van der Waals surface area contributed by atoms with Gasteiger partial charge in [-0.15, -0.1) is 0 Å². The van der Waals surface area contributed by atoms with Gasteiger partial charge in [0.2, 0.25) is 5.91 Å². The molecule has 3 aromatic rings. The van der Waals surface area contributed by atoms with E-state index in [1.807, 2.05) is 39.0 Å². The van der Waals surface area contributed by atoms with Crippen LogP contribution in [0, 0.1) is 6.92 Å². The standard InChI is InChI=1S/C27H30N2O5S/c1-19-13-14-25-23(15-19)24(17-27(2,3)34-25)28-26(30)18-29(20-9-8-10-21(16-20)33-4)35(31,32)22-11-6-5-7-12-22/h5-16,24H,17-18H2,1-4H3,(H,28,30). The highest BCUT2D eigenvalue weighted by atomic mass is 32.2. The average molecular weight is 495 g/mol. The fourth-order valence-corrected chi connectivity index (χ4v) is 5.71. The molecule has 0 bridgehead atoms. The molecule has 8 heteroatoms. The van der Waals surface area contributed by atoms with E-state index in [2.05, 4.69) is 5.32 Å². The van der Waals surface area contributed by atoms with Crippen molar-refractivity contribution >= 4 is 21.6 Å². The van der Waals surface area contributed by atoms with E-state index in [0.717, 1.165) is 21.2 Å². The molecule has 1 atom stereocenters. The van der Waals surface area contributed by atoms with Crippen molar-refractivity contribution in [2.45, 2.75) is 43.7 Å². The third kappa shape index (κ3) is 5.43. The molecule has 1 amide bonds. The summed E-state index contributed by atoms with van der Waals surface area (Å²) in [4.78, 5) is 13.4. The van der Waals surface area contributed by atoms with Gasteiger partial charge in [-0.25, -0.2) is 8.42 Å². The van der Waals surface area contributed by atoms with Crippen molar-refractivity contribution in [3.8, 4) is 11.5 Å². The van der Waals surface area contributed by atoms with E-state index in [1.165, 1.54) is 19.2 Å². The van der Waals surface area contributed by atoms with Gasteiger partial charge in [0, 0.05) is 18.1 Å². The molecule has 184 valence electrons. The Hall–Kier alpha value is -3.52. The topological polar surface area (TPSA) is 84.9 Å². The van der Waals surface area contributed by atoms with Crippen LogP contribution < -0.4 is 19.1 Å². The zero-order valence-corrected chi connectivity index (χ0v) is 21.1. The summed E-state index contributed by atoms with van der Waals surface area (Å²) >= 11 is 0. The van der Waals surface area contributed by atoms with Crippen molar-refractivity contribution in [1.82, 2.24) is 5.32 Å². The minimum atomic E-state index is -4.01. The zero-order valence-electron chi connectivity index (χ0n) is 20.3. The number of nitrogens with one attached hydrogen (secondary N) is 1. The molecule has 7 nitrogen and oxygen atoms in total. The number of fused-ring (bicyclic) bond motifs is 1. The number of carbonyl (C=O) groups is 1. The second-order valence-corrected chi connectivity index (χ2v) is 11.1. The first kappa shape index (κ1) is 24.6. The van der Waals surface area contributed by atoms with Crippen molar-refractivity contribution in [3.63, 3.8) is 0 Å². The second-order valence-electron chi connectivity index (χ2n) is 9.25. The normalized spacial score (nSPS) is 16.5. The van der Waals surface area contributed by atoms with Crippen LogP contribution in [0.25, 0.3) is 0 Å². The lowest BCUT2D eigenvalue weighted by molar-refractivity contribution is -0.120. The Kier molecular flexibility index (Phi) is 6.76. The minimum Gasteiger partial charge on any atom is -0.497 e. The Bertz CT molecular complexity index is 1320. The molecular weight excluding hydrogens is 464 g/mol. The second kappa shape index (κ2) is 9.62. The fraction of sp³-hybridized carbons (Fsp3) is 0.296. The smallest absolute Gasteiger partial charge is 0.264 e. The SMILES string of the molecule is COc1cccc(N(CC(=O)NC2CC(C)(C)Oc3ccc(C)cc32)S(=O)(=O)c2ccccc2)c1. The van der Waals surface area contributed by atoms with Crippen molar-refractivity contribution in [3.05, 3.63) is 83.9 Å². The molecule has 1 unspecified atom stereocenters. The molecule has 0 saturated heterocycles. The summed E-state index contributed by atoms with van der Waals surface area (Å²) in [5.41, 5.74) is 1.79. The van der Waals surface area contributed by atoms with E-state index >= 15 is 0 Å². The predicted molar refractivity (Wildman–Crippen MR) is 135 cm³/mol. The van der Waals surface area contributed by atoms with Crippen LogP contribution in [0.4, 0.5) is 5.69 Å². The first-order valence-corrected chi connectivity index (χ1v) is 12.8. The molecule has 0 radical (unpaired) electrons. The number of anilines is 1. The molecule has 0 saturated carbocycles. The Balaban J connectivity index is 1.66. The van der Waals surface area contributed by atoms with Gasteiger partial charge in [0.15, 0.2) is 0 Å². The quantitative estimate of drug-likeness (QED) is 0.518. The molecular formula is C27H30N2O5S. The highest BCUT2D eigenvalue weighted by Crippen LogP contribution is 2.40. The average Bonchev–Trinajstić information content (AvgIpc) is 2.83. The Morgan fingerprint density at radius 3 is 2.54 bits per heavy atom. The van der Waals surface area contributed by atoms with E-state index in [9.17, 15) is 13.2 Å². The first-order chi connectivity index (χ1) is 16.6. The molecule has 35 heavy (non-hydrogen) atoms. The summed E-state index contributed by atoms with van der Waals surface area (Å²) in [5.74, 6) is 0.799. The van der Waals surface area contributed by atoms with Gasteiger partial charge in [0.05, 0.1) is 23.7 Å². The van der Waals surface area contributed by atoms with Gasteiger partial charge in [-0.3, -0.25) is 9.10 Å². The summed E-state index contributed by atoms with van der Waals surface area (Å²) in [6.07, 6.45) is 0.555. The maximum atomic E-state index is 13.6. The number of ether oxygens (including phenoxy) is 2. The van der Waals surface area contributed by atoms with Gasteiger partial charge >= 0.3 is 0 Å². The lowest BCUT2D eigenvalue weighted by atomic mass is 9.89. The van der Waals surface area contributed by atoms with Crippen LogP contribution in [0.2, 0.25) is 0 Å². The summed E-state index contributed by atoms with van der Waals surface area (Å²) in [6, 6.07) is 20.3. The predicted octanol–water partition coefficient (Wildman–Crippen LogP) is 4.62. The Morgan fingerprint density at radius 1 is 1.09 bits per heavy atom. The van der Waals surface area contributed by atoms with E-state index in [4.69, 9.17) is 9.47 Å². The Labute approximate surface area is 206 Å². The third-order valence-corrected chi connectivity index (χ3v) is 7.71. The van der Waals surface area contributed by atoms with Gasteiger partial charge in [0.25, 0.3) is 10.0 Å². The van der Waals surface area contributed by atoms with Crippen LogP contribution >= 0.6 is 0 Å². The van der Waals surface area contributed by atoms with Gasteiger partial charge < -0.3 is 14.8 Å². The van der Waals surface area contributed by atoms with Gasteiger partial charge in [-0.1, -0.05) is 42.0 Å². The van der Waals surface area contributed by atoms with Crippen LogP contribution in [0.5, 0.6) is 11.5 Å². The fourth-order valence-electron chi connectivity index (χ4n) is 4.27. The summed E-state index contributed by atoms with van der Waals surface area (Å²) in [5, 5.41) is 3.05. The summed E-state index contributed by atoms with van der Waals surface area (Å²) in [7, 11) is -2.50. The number of benzene rings is 3. The molecule has 0 aliphatic carbocycles. The van der Waals surface area contributed by atoms with E-state index in [0.29, 0.717) is 17.9 Å². The highest BCUT2D eigenvalue weighted by Gasteiger charge is 2.35. The van der Waals surface area contributed by atoms with Crippen LogP contribution in [-0.4, -0.2) is 33.6 Å². The summed E-state index contributed by atoms with van der Waals surface area (Å²) in [6.45, 7) is 5.54.